The number of hydrogen-bond acceptors (Lipinski definition) is 2. The molecule has 2 heteroatoms. The molecule has 2 unspecified atom stereocenters. The Morgan fingerprint density at radius 3 is 2.78 bits per heavy atom. The van der Waals surface area contributed by atoms with Gasteiger partial charge in [-0.2, -0.15) is 0 Å². The van der Waals surface area contributed by atoms with E-state index in [9.17, 15) is 0 Å². The fourth-order valence-electron chi connectivity index (χ4n) is 2.53. The van der Waals surface area contributed by atoms with Gasteiger partial charge in [0.2, 0.25) is 0 Å². The van der Waals surface area contributed by atoms with Crippen LogP contribution in [0.2, 0.25) is 0 Å². The van der Waals surface area contributed by atoms with E-state index in [0.717, 1.165) is 19.1 Å². The van der Waals surface area contributed by atoms with Gasteiger partial charge in [-0.15, -0.1) is 0 Å². The van der Waals surface area contributed by atoms with E-state index in [1.54, 1.807) is 0 Å². The Morgan fingerprint density at radius 2 is 2.00 bits per heavy atom. The van der Waals surface area contributed by atoms with Crippen molar-refractivity contribution in [2.24, 2.45) is 5.92 Å². The van der Waals surface area contributed by atoms with Crippen LogP contribution in [0.4, 0.5) is 0 Å². The number of benzene rings is 1. The van der Waals surface area contributed by atoms with Crippen LogP contribution in [0.15, 0.2) is 24.3 Å². The molecule has 1 heterocycles. The van der Waals surface area contributed by atoms with Crippen LogP contribution in [0.1, 0.15) is 50.8 Å². The van der Waals surface area contributed by atoms with Gasteiger partial charge in [0.25, 0.3) is 0 Å². The first-order valence-corrected chi connectivity index (χ1v) is 7.08. The van der Waals surface area contributed by atoms with E-state index in [-0.39, 0.29) is 0 Å². The Morgan fingerprint density at radius 1 is 1.22 bits per heavy atom. The summed E-state index contributed by atoms with van der Waals surface area (Å²) in [6.45, 7) is 8.40. The van der Waals surface area contributed by atoms with Crippen molar-refractivity contribution in [3.8, 4) is 0 Å². The predicted octanol–water partition coefficient (Wildman–Crippen LogP) is 3.67. The molecule has 0 amide bonds. The summed E-state index contributed by atoms with van der Waals surface area (Å²) in [5.74, 6) is 0.782. The molecule has 100 valence electrons. The third-order valence-corrected chi connectivity index (χ3v) is 3.64. The predicted molar refractivity (Wildman–Crippen MR) is 75.5 cm³/mol. The number of rotatable bonds is 5. The summed E-state index contributed by atoms with van der Waals surface area (Å²) in [7, 11) is 0. The first-order chi connectivity index (χ1) is 8.66. The number of nitrogens with one attached hydrogen (secondary N) is 1. The molecule has 1 aliphatic rings. The molecule has 1 aliphatic heterocycles. The van der Waals surface area contributed by atoms with Crippen LogP contribution >= 0.6 is 0 Å². The molecule has 1 aromatic carbocycles. The van der Waals surface area contributed by atoms with Gasteiger partial charge in [0.15, 0.2) is 0 Å². The topological polar surface area (TPSA) is 21.3 Å². The van der Waals surface area contributed by atoms with Crippen LogP contribution in [-0.2, 0) is 11.3 Å². The summed E-state index contributed by atoms with van der Waals surface area (Å²) in [6.07, 6.45) is 2.51. The highest BCUT2D eigenvalue weighted by molar-refractivity contribution is 5.31. The molecule has 2 nitrogen and oxygen atoms in total. The molecule has 0 spiro atoms. The fourth-order valence-corrected chi connectivity index (χ4v) is 2.53. The molecule has 1 aromatic rings. The van der Waals surface area contributed by atoms with Gasteiger partial charge in [-0.05, 0) is 36.8 Å². The van der Waals surface area contributed by atoms with E-state index in [0.29, 0.717) is 12.1 Å². The first-order valence-electron chi connectivity index (χ1n) is 7.08. The average Bonchev–Trinajstić information content (AvgIpc) is 2.37. The summed E-state index contributed by atoms with van der Waals surface area (Å²) >= 11 is 0. The number of ether oxygens (including phenoxy) is 1. The molecular formula is C16H25NO. The lowest BCUT2D eigenvalue weighted by Crippen LogP contribution is -2.35. The summed E-state index contributed by atoms with van der Waals surface area (Å²) in [5.41, 5.74) is 2.75. The van der Waals surface area contributed by atoms with Gasteiger partial charge >= 0.3 is 0 Å². The Labute approximate surface area is 111 Å². The zero-order valence-electron chi connectivity index (χ0n) is 11.8. The number of fused-ring (bicyclic) bond motifs is 1. The van der Waals surface area contributed by atoms with Crippen LogP contribution in [0.25, 0.3) is 0 Å². The molecule has 18 heavy (non-hydrogen) atoms. The van der Waals surface area contributed by atoms with Gasteiger partial charge < -0.3 is 10.1 Å². The smallest absolute Gasteiger partial charge is 0.0721 e. The highest BCUT2D eigenvalue weighted by Gasteiger charge is 2.21. The van der Waals surface area contributed by atoms with Gasteiger partial charge in [-0.1, -0.05) is 38.1 Å². The fraction of sp³-hybridized carbons (Fsp3) is 0.625. The minimum atomic E-state index is 0.358. The van der Waals surface area contributed by atoms with Gasteiger partial charge in [0, 0.05) is 6.04 Å². The van der Waals surface area contributed by atoms with Crippen molar-refractivity contribution >= 4 is 0 Å². The Kier molecular flexibility index (Phi) is 4.79. The van der Waals surface area contributed by atoms with Gasteiger partial charge in [-0.25, -0.2) is 0 Å². The van der Waals surface area contributed by atoms with Crippen LogP contribution in [-0.4, -0.2) is 12.6 Å². The van der Waals surface area contributed by atoms with Crippen LogP contribution in [0, 0.1) is 5.92 Å². The maximum Gasteiger partial charge on any atom is 0.0721 e. The lowest BCUT2D eigenvalue weighted by molar-refractivity contribution is 0.0785. The quantitative estimate of drug-likeness (QED) is 0.857. The monoisotopic (exact) mass is 247 g/mol. The maximum absolute atomic E-state index is 5.67. The Bertz CT molecular complexity index is 375. The van der Waals surface area contributed by atoms with E-state index in [2.05, 4.69) is 50.4 Å². The third-order valence-electron chi connectivity index (χ3n) is 3.64. The van der Waals surface area contributed by atoms with E-state index >= 15 is 0 Å². The SMILES string of the molecule is CC(C)CCC(C)NC1COCc2ccccc21. The molecule has 0 saturated heterocycles. The first kappa shape index (κ1) is 13.6. The van der Waals surface area contributed by atoms with Crippen molar-refractivity contribution < 1.29 is 4.74 Å². The molecule has 2 rings (SSSR count). The van der Waals surface area contributed by atoms with Gasteiger partial charge in [0.05, 0.1) is 19.3 Å². The van der Waals surface area contributed by atoms with Crippen molar-refractivity contribution in [2.75, 3.05) is 6.61 Å². The highest BCUT2D eigenvalue weighted by atomic mass is 16.5. The molecule has 0 saturated carbocycles. The van der Waals surface area contributed by atoms with Crippen LogP contribution in [0.3, 0.4) is 0 Å². The summed E-state index contributed by atoms with van der Waals surface area (Å²) < 4.78 is 5.67. The minimum Gasteiger partial charge on any atom is -0.375 e. The molecular weight excluding hydrogens is 222 g/mol. The van der Waals surface area contributed by atoms with Gasteiger partial charge in [-0.3, -0.25) is 0 Å². The maximum atomic E-state index is 5.67. The van der Waals surface area contributed by atoms with Crippen molar-refractivity contribution in [3.63, 3.8) is 0 Å². The Hall–Kier alpha value is -0.860. The summed E-state index contributed by atoms with van der Waals surface area (Å²) in [5, 5.41) is 3.71. The van der Waals surface area contributed by atoms with Crippen molar-refractivity contribution in [1.29, 1.82) is 0 Å². The number of hydrogen-bond donors (Lipinski definition) is 1. The lowest BCUT2D eigenvalue weighted by atomic mass is 9.97. The minimum absolute atomic E-state index is 0.358. The zero-order valence-corrected chi connectivity index (χ0v) is 11.8. The van der Waals surface area contributed by atoms with E-state index in [1.807, 2.05) is 0 Å². The second-order valence-electron chi connectivity index (χ2n) is 5.81. The van der Waals surface area contributed by atoms with E-state index in [1.165, 1.54) is 24.0 Å². The zero-order chi connectivity index (χ0) is 13.0. The van der Waals surface area contributed by atoms with Crippen molar-refractivity contribution in [1.82, 2.24) is 5.32 Å². The molecule has 1 N–H and O–H groups in total. The molecule has 0 aromatic heterocycles. The molecule has 0 radical (unpaired) electrons. The second-order valence-corrected chi connectivity index (χ2v) is 5.81. The standard InChI is InChI=1S/C16H25NO/c1-12(2)8-9-13(3)17-16-11-18-10-14-6-4-5-7-15(14)16/h4-7,12-13,16-17H,8-11H2,1-3H3. The normalized spacial score (nSPS) is 20.8. The van der Waals surface area contributed by atoms with Crippen molar-refractivity contribution in [3.05, 3.63) is 35.4 Å². The van der Waals surface area contributed by atoms with Crippen LogP contribution < -0.4 is 5.32 Å². The summed E-state index contributed by atoms with van der Waals surface area (Å²) in [4.78, 5) is 0. The molecule has 0 bridgehead atoms. The van der Waals surface area contributed by atoms with Gasteiger partial charge in [0.1, 0.15) is 0 Å². The second kappa shape index (κ2) is 6.35. The highest BCUT2D eigenvalue weighted by Crippen LogP contribution is 2.25. The van der Waals surface area contributed by atoms with E-state index < -0.39 is 0 Å². The van der Waals surface area contributed by atoms with Crippen LogP contribution in [0.5, 0.6) is 0 Å². The third kappa shape index (κ3) is 3.56. The largest absolute Gasteiger partial charge is 0.375 e. The van der Waals surface area contributed by atoms with E-state index in [4.69, 9.17) is 4.74 Å². The van der Waals surface area contributed by atoms with Crippen molar-refractivity contribution in [2.45, 2.75) is 52.3 Å². The Balaban J connectivity index is 1.94. The molecule has 0 aliphatic carbocycles. The molecule has 2 atom stereocenters. The average molecular weight is 247 g/mol. The molecule has 0 fully saturated rings. The lowest BCUT2D eigenvalue weighted by Gasteiger charge is -2.29. The summed E-state index contributed by atoms with van der Waals surface area (Å²) in [6, 6.07) is 9.51.